The molecule has 2 heteroatoms. The van der Waals surface area contributed by atoms with E-state index in [-0.39, 0.29) is 0 Å². The topological polar surface area (TPSA) is 21.3 Å². The summed E-state index contributed by atoms with van der Waals surface area (Å²) in [5.74, 6) is 1.43. The van der Waals surface area contributed by atoms with Gasteiger partial charge in [0.2, 0.25) is 0 Å². The monoisotopic (exact) mass is 199 g/mol. The minimum Gasteiger partial charge on any atom is -0.378 e. The third kappa shape index (κ3) is 3.25. The Morgan fingerprint density at radius 3 is 2.57 bits per heavy atom. The molecule has 1 aliphatic heterocycles. The molecule has 0 radical (unpaired) electrons. The standard InChI is InChI=1S/C12H25NO/c1-5-6-13-12(9(2)3)11-7-10(4)14-8-11/h9-13H,5-8H2,1-4H3. The zero-order valence-corrected chi connectivity index (χ0v) is 10.0. The van der Waals surface area contributed by atoms with Crippen LogP contribution < -0.4 is 5.32 Å². The third-order valence-electron chi connectivity index (χ3n) is 3.09. The first-order valence-electron chi connectivity index (χ1n) is 6.00. The molecule has 84 valence electrons. The highest BCUT2D eigenvalue weighted by molar-refractivity contribution is 4.84. The second-order valence-electron chi connectivity index (χ2n) is 4.86. The van der Waals surface area contributed by atoms with E-state index < -0.39 is 0 Å². The fourth-order valence-electron chi connectivity index (χ4n) is 2.36. The summed E-state index contributed by atoms with van der Waals surface area (Å²) < 4.78 is 5.64. The van der Waals surface area contributed by atoms with E-state index in [0.29, 0.717) is 18.1 Å². The molecule has 1 heterocycles. The summed E-state index contributed by atoms with van der Waals surface area (Å²) in [4.78, 5) is 0. The van der Waals surface area contributed by atoms with E-state index in [1.807, 2.05) is 0 Å². The lowest BCUT2D eigenvalue weighted by molar-refractivity contribution is 0.114. The molecule has 3 atom stereocenters. The van der Waals surface area contributed by atoms with E-state index in [0.717, 1.165) is 19.1 Å². The smallest absolute Gasteiger partial charge is 0.0551 e. The molecule has 3 unspecified atom stereocenters. The molecule has 0 aromatic heterocycles. The first-order valence-corrected chi connectivity index (χ1v) is 6.00. The SMILES string of the molecule is CCCNC(C(C)C)C1COC(C)C1. The first kappa shape index (κ1) is 12.0. The third-order valence-corrected chi connectivity index (χ3v) is 3.09. The summed E-state index contributed by atoms with van der Waals surface area (Å²) in [5, 5.41) is 3.65. The molecule has 0 bridgehead atoms. The van der Waals surface area contributed by atoms with E-state index in [9.17, 15) is 0 Å². The molecule has 1 N–H and O–H groups in total. The van der Waals surface area contributed by atoms with Crippen LogP contribution in [-0.4, -0.2) is 25.3 Å². The minimum absolute atomic E-state index is 0.463. The molecule has 0 saturated carbocycles. The number of rotatable bonds is 5. The van der Waals surface area contributed by atoms with Crippen molar-refractivity contribution < 1.29 is 4.74 Å². The van der Waals surface area contributed by atoms with Gasteiger partial charge in [-0.1, -0.05) is 20.8 Å². The molecular weight excluding hydrogens is 174 g/mol. The number of hydrogen-bond donors (Lipinski definition) is 1. The highest BCUT2D eigenvalue weighted by Crippen LogP contribution is 2.25. The van der Waals surface area contributed by atoms with Gasteiger partial charge >= 0.3 is 0 Å². The Morgan fingerprint density at radius 2 is 2.14 bits per heavy atom. The molecule has 0 amide bonds. The lowest BCUT2D eigenvalue weighted by atomic mass is 9.88. The molecule has 1 fully saturated rings. The minimum atomic E-state index is 0.463. The maximum atomic E-state index is 5.64. The molecule has 0 spiro atoms. The average molecular weight is 199 g/mol. The average Bonchev–Trinajstić information content (AvgIpc) is 2.52. The van der Waals surface area contributed by atoms with Crippen LogP contribution in [0.1, 0.15) is 40.5 Å². The van der Waals surface area contributed by atoms with E-state index in [1.54, 1.807) is 0 Å². The van der Waals surface area contributed by atoms with Crippen molar-refractivity contribution in [2.75, 3.05) is 13.2 Å². The Bertz CT molecular complexity index is 158. The van der Waals surface area contributed by atoms with Gasteiger partial charge in [0, 0.05) is 12.0 Å². The maximum absolute atomic E-state index is 5.64. The highest BCUT2D eigenvalue weighted by Gasteiger charge is 2.30. The zero-order valence-electron chi connectivity index (χ0n) is 10.0. The van der Waals surface area contributed by atoms with Crippen LogP contribution in [0.5, 0.6) is 0 Å². The Morgan fingerprint density at radius 1 is 1.43 bits per heavy atom. The van der Waals surface area contributed by atoms with Crippen LogP contribution in [0.2, 0.25) is 0 Å². The molecule has 1 rings (SSSR count). The van der Waals surface area contributed by atoms with Crippen LogP contribution in [0.4, 0.5) is 0 Å². The lowest BCUT2D eigenvalue weighted by Crippen LogP contribution is -2.41. The Labute approximate surface area is 88.4 Å². The quantitative estimate of drug-likeness (QED) is 0.734. The van der Waals surface area contributed by atoms with Crippen molar-refractivity contribution in [1.29, 1.82) is 0 Å². The van der Waals surface area contributed by atoms with E-state index in [2.05, 4.69) is 33.0 Å². The van der Waals surface area contributed by atoms with Crippen LogP contribution in [0.15, 0.2) is 0 Å². The fraction of sp³-hybridized carbons (Fsp3) is 1.00. The van der Waals surface area contributed by atoms with Gasteiger partial charge in [-0.05, 0) is 32.2 Å². The fourth-order valence-corrected chi connectivity index (χ4v) is 2.36. The second-order valence-corrected chi connectivity index (χ2v) is 4.86. The van der Waals surface area contributed by atoms with Gasteiger partial charge in [0.05, 0.1) is 12.7 Å². The van der Waals surface area contributed by atoms with Gasteiger partial charge < -0.3 is 10.1 Å². The van der Waals surface area contributed by atoms with Crippen LogP contribution in [0, 0.1) is 11.8 Å². The molecule has 0 aliphatic carbocycles. The van der Waals surface area contributed by atoms with Crippen LogP contribution >= 0.6 is 0 Å². The van der Waals surface area contributed by atoms with Crippen molar-refractivity contribution in [2.45, 2.75) is 52.7 Å². The van der Waals surface area contributed by atoms with Gasteiger partial charge in [0.15, 0.2) is 0 Å². The number of ether oxygens (including phenoxy) is 1. The van der Waals surface area contributed by atoms with Gasteiger partial charge in [-0.15, -0.1) is 0 Å². The highest BCUT2D eigenvalue weighted by atomic mass is 16.5. The second kappa shape index (κ2) is 5.72. The number of nitrogens with one attached hydrogen (secondary N) is 1. The van der Waals surface area contributed by atoms with Crippen molar-refractivity contribution in [2.24, 2.45) is 11.8 Å². The van der Waals surface area contributed by atoms with E-state index >= 15 is 0 Å². The molecule has 0 aromatic carbocycles. The van der Waals surface area contributed by atoms with Crippen LogP contribution in [-0.2, 0) is 4.74 Å². The summed E-state index contributed by atoms with van der Waals surface area (Å²) >= 11 is 0. The zero-order chi connectivity index (χ0) is 10.6. The van der Waals surface area contributed by atoms with Crippen molar-refractivity contribution in [3.8, 4) is 0 Å². The molecule has 1 saturated heterocycles. The lowest BCUT2D eigenvalue weighted by Gasteiger charge is -2.27. The Kier molecular flexibility index (Phi) is 4.90. The Hall–Kier alpha value is -0.0800. The van der Waals surface area contributed by atoms with E-state index in [1.165, 1.54) is 12.8 Å². The molecule has 1 aliphatic rings. The first-order chi connectivity index (χ1) is 6.65. The van der Waals surface area contributed by atoms with Crippen molar-refractivity contribution in [1.82, 2.24) is 5.32 Å². The largest absolute Gasteiger partial charge is 0.378 e. The maximum Gasteiger partial charge on any atom is 0.0551 e. The van der Waals surface area contributed by atoms with Gasteiger partial charge in [0.1, 0.15) is 0 Å². The molecule has 0 aromatic rings. The van der Waals surface area contributed by atoms with Gasteiger partial charge in [-0.2, -0.15) is 0 Å². The summed E-state index contributed by atoms with van der Waals surface area (Å²) in [6.07, 6.45) is 2.90. The Balaban J connectivity index is 2.41. The molecule has 2 nitrogen and oxygen atoms in total. The number of hydrogen-bond acceptors (Lipinski definition) is 2. The normalized spacial score (nSPS) is 29.8. The summed E-state index contributed by atoms with van der Waals surface area (Å²) in [6, 6.07) is 0.639. The van der Waals surface area contributed by atoms with Crippen LogP contribution in [0.3, 0.4) is 0 Å². The predicted octanol–water partition coefficient (Wildman–Crippen LogP) is 2.44. The molecular formula is C12H25NO. The predicted molar refractivity (Wildman–Crippen MR) is 60.4 cm³/mol. The van der Waals surface area contributed by atoms with Gasteiger partial charge in [-0.25, -0.2) is 0 Å². The summed E-state index contributed by atoms with van der Waals surface area (Å²) in [6.45, 7) is 11.1. The van der Waals surface area contributed by atoms with Crippen molar-refractivity contribution in [3.05, 3.63) is 0 Å². The van der Waals surface area contributed by atoms with Gasteiger partial charge in [-0.3, -0.25) is 0 Å². The van der Waals surface area contributed by atoms with Crippen molar-refractivity contribution in [3.63, 3.8) is 0 Å². The van der Waals surface area contributed by atoms with E-state index in [4.69, 9.17) is 4.74 Å². The molecule has 14 heavy (non-hydrogen) atoms. The summed E-state index contributed by atoms with van der Waals surface area (Å²) in [7, 11) is 0. The summed E-state index contributed by atoms with van der Waals surface area (Å²) in [5.41, 5.74) is 0. The van der Waals surface area contributed by atoms with Gasteiger partial charge in [0.25, 0.3) is 0 Å². The van der Waals surface area contributed by atoms with Crippen LogP contribution in [0.25, 0.3) is 0 Å². The van der Waals surface area contributed by atoms with Crippen molar-refractivity contribution >= 4 is 0 Å².